The van der Waals surface area contributed by atoms with Gasteiger partial charge in [-0.15, -0.1) is 9.45 Å². The molecule has 0 spiro atoms. The summed E-state index contributed by atoms with van der Waals surface area (Å²) in [6.45, 7) is 1.93. The Labute approximate surface area is 135 Å². The molecule has 0 saturated heterocycles. The van der Waals surface area contributed by atoms with Gasteiger partial charge in [-0.05, 0) is 36.8 Å². The van der Waals surface area contributed by atoms with Gasteiger partial charge in [0.2, 0.25) is 5.88 Å². The first kappa shape index (κ1) is 15.5. The van der Waals surface area contributed by atoms with Crippen molar-refractivity contribution >= 4 is 34.3 Å². The maximum absolute atomic E-state index is 10.0. The molecule has 2 aromatic carbocycles. The topological polar surface area (TPSA) is 99.4 Å². The van der Waals surface area contributed by atoms with Gasteiger partial charge in [0, 0.05) is 10.3 Å². The Morgan fingerprint density at radius 2 is 1.96 bits per heavy atom. The fourth-order valence-electron chi connectivity index (χ4n) is 2.13. The molecule has 0 fully saturated rings. The number of nitrogens with one attached hydrogen (secondary N) is 1. The molecule has 0 radical (unpaired) electrons. The first-order chi connectivity index (χ1) is 11.2. The van der Waals surface area contributed by atoms with Crippen molar-refractivity contribution in [3.63, 3.8) is 0 Å². The van der Waals surface area contributed by atoms with E-state index in [1.807, 2.05) is 31.2 Å². The summed E-state index contributed by atoms with van der Waals surface area (Å²) in [6, 6.07) is 12.8. The van der Waals surface area contributed by atoms with Crippen LogP contribution >= 0.6 is 12.0 Å². The lowest BCUT2D eigenvalue weighted by atomic mass is 10.2. The molecule has 8 heteroatoms. The van der Waals surface area contributed by atoms with E-state index in [1.165, 1.54) is 0 Å². The van der Waals surface area contributed by atoms with E-state index in [9.17, 15) is 5.11 Å². The molecular weight excluding hydrogens is 318 g/mol. The van der Waals surface area contributed by atoms with Crippen molar-refractivity contribution in [1.29, 1.82) is 0 Å². The molecule has 1 aromatic heterocycles. The van der Waals surface area contributed by atoms with E-state index < -0.39 is 0 Å². The average molecular weight is 331 g/mol. The third-order valence-electron chi connectivity index (χ3n) is 3.26. The van der Waals surface area contributed by atoms with Crippen LogP contribution in [-0.4, -0.2) is 15.3 Å². The zero-order valence-corrected chi connectivity index (χ0v) is 12.9. The zero-order chi connectivity index (χ0) is 16.2. The highest BCUT2D eigenvalue weighted by Gasteiger charge is 2.12. The van der Waals surface area contributed by atoms with Gasteiger partial charge in [0.15, 0.2) is 5.69 Å². The van der Waals surface area contributed by atoms with Crippen molar-refractivity contribution in [2.75, 3.05) is 0 Å². The first-order valence-corrected chi connectivity index (χ1v) is 7.40. The van der Waals surface area contributed by atoms with Gasteiger partial charge >= 0.3 is 0 Å². The summed E-state index contributed by atoms with van der Waals surface area (Å²) < 4.78 is 4.41. The number of benzene rings is 2. The second-order valence-electron chi connectivity index (χ2n) is 4.74. The number of H-pyrrole nitrogens is 1. The van der Waals surface area contributed by atoms with Crippen LogP contribution in [0.4, 0.5) is 11.4 Å². The molecule has 0 aliphatic heterocycles. The average Bonchev–Trinajstić information content (AvgIpc) is 2.87. The predicted molar refractivity (Wildman–Crippen MR) is 86.0 cm³/mol. The van der Waals surface area contributed by atoms with E-state index in [0.717, 1.165) is 23.3 Å². The van der Waals surface area contributed by atoms with Crippen LogP contribution in [0.2, 0.25) is 0 Å². The van der Waals surface area contributed by atoms with Crippen molar-refractivity contribution in [1.82, 2.24) is 4.98 Å². The Morgan fingerprint density at radius 1 is 1.13 bits per heavy atom. The van der Waals surface area contributed by atoms with E-state index >= 15 is 0 Å². The minimum atomic E-state index is -0.0705. The van der Waals surface area contributed by atoms with Gasteiger partial charge in [-0.25, -0.2) is 5.26 Å². The number of aromatic nitrogens is 1. The lowest BCUT2D eigenvalue weighted by Crippen LogP contribution is -1.78. The first-order valence-electron chi connectivity index (χ1n) is 6.66. The Balaban J connectivity index is 1.99. The second kappa shape index (κ2) is 6.80. The van der Waals surface area contributed by atoms with Crippen LogP contribution in [0.5, 0.6) is 5.88 Å². The lowest BCUT2D eigenvalue weighted by molar-refractivity contribution is -0.432. The van der Waals surface area contributed by atoms with Crippen molar-refractivity contribution in [3.8, 4) is 5.88 Å². The monoisotopic (exact) mass is 331 g/mol. The molecule has 3 N–H and O–H groups in total. The molecule has 0 aliphatic carbocycles. The van der Waals surface area contributed by atoms with E-state index in [0.29, 0.717) is 21.5 Å². The van der Waals surface area contributed by atoms with Crippen LogP contribution < -0.4 is 0 Å². The van der Waals surface area contributed by atoms with Crippen LogP contribution in [0.25, 0.3) is 10.9 Å². The maximum Gasteiger partial charge on any atom is 0.218 e. The fourth-order valence-corrected chi connectivity index (χ4v) is 2.53. The number of hydrogen-bond donors (Lipinski definition) is 3. The van der Waals surface area contributed by atoms with Gasteiger partial charge in [0.25, 0.3) is 0 Å². The third-order valence-corrected chi connectivity index (χ3v) is 3.83. The van der Waals surface area contributed by atoms with E-state index in [2.05, 4.69) is 24.6 Å². The highest BCUT2D eigenvalue weighted by molar-refractivity contribution is 7.94. The van der Waals surface area contributed by atoms with Crippen molar-refractivity contribution in [2.24, 2.45) is 10.2 Å². The molecular formula is C15H13N3O4S. The lowest BCUT2D eigenvalue weighted by Gasteiger charge is -1.99. The Kier molecular flexibility index (Phi) is 4.58. The van der Waals surface area contributed by atoms with Crippen LogP contribution in [0, 0.1) is 6.92 Å². The van der Waals surface area contributed by atoms with Crippen molar-refractivity contribution < 1.29 is 19.7 Å². The summed E-state index contributed by atoms with van der Waals surface area (Å²) in [6.07, 6.45) is 0. The number of nitrogens with zero attached hydrogens (tertiary/aromatic N) is 2. The van der Waals surface area contributed by atoms with Gasteiger partial charge in [-0.1, -0.05) is 23.2 Å². The van der Waals surface area contributed by atoms with E-state index in [1.54, 1.807) is 18.2 Å². The number of aromatic amines is 1. The van der Waals surface area contributed by atoms with Gasteiger partial charge in [0.05, 0.1) is 23.2 Å². The Morgan fingerprint density at radius 3 is 2.74 bits per heavy atom. The molecule has 0 bridgehead atoms. The van der Waals surface area contributed by atoms with Crippen LogP contribution in [0.3, 0.4) is 0 Å². The summed E-state index contributed by atoms with van der Waals surface area (Å²) in [5.74, 6) is -0.0705. The fraction of sp³-hybridized carbons (Fsp3) is 0.0667. The van der Waals surface area contributed by atoms with Crippen LogP contribution in [0.15, 0.2) is 57.6 Å². The SMILES string of the molecule is Cc1ccccc1N=Nc1c(O)[nH]c2ccc(SOOO)cc12. The summed E-state index contributed by atoms with van der Waals surface area (Å²) in [5.41, 5.74) is 2.75. The standard InChI is InChI=1S/C15H13N3O4S/c1-9-4-2-3-5-12(9)17-18-14-11-8-10(23-22-21-20)6-7-13(11)16-15(14)19/h2-8,16,19-20H,1H3. The molecule has 23 heavy (non-hydrogen) atoms. The smallest absolute Gasteiger partial charge is 0.218 e. The van der Waals surface area contributed by atoms with Crippen LogP contribution in [-0.2, 0) is 9.37 Å². The van der Waals surface area contributed by atoms with Gasteiger partial charge < -0.3 is 10.1 Å². The Bertz CT molecular complexity index is 863. The molecule has 0 saturated carbocycles. The molecule has 1 heterocycles. The van der Waals surface area contributed by atoms with Crippen molar-refractivity contribution in [3.05, 3.63) is 48.0 Å². The van der Waals surface area contributed by atoms with Gasteiger partial charge in [0.1, 0.15) is 0 Å². The molecule has 3 rings (SSSR count). The van der Waals surface area contributed by atoms with Gasteiger partial charge in [-0.2, -0.15) is 5.11 Å². The number of hydrogen-bond acceptors (Lipinski definition) is 7. The normalized spacial score (nSPS) is 11.6. The molecule has 0 amide bonds. The largest absolute Gasteiger partial charge is 0.493 e. The third kappa shape index (κ3) is 3.35. The minimum absolute atomic E-state index is 0.0705. The second-order valence-corrected chi connectivity index (χ2v) is 5.52. The van der Waals surface area contributed by atoms with Crippen LogP contribution in [0.1, 0.15) is 5.56 Å². The highest BCUT2D eigenvalue weighted by Crippen LogP contribution is 2.38. The summed E-state index contributed by atoms with van der Waals surface area (Å²) >= 11 is 0.830. The number of fused-ring (bicyclic) bond motifs is 1. The molecule has 0 atom stereocenters. The Hall–Kier alpha value is -2.39. The highest BCUT2D eigenvalue weighted by atomic mass is 32.2. The quantitative estimate of drug-likeness (QED) is 0.264. The molecule has 7 nitrogen and oxygen atoms in total. The molecule has 3 aromatic rings. The maximum atomic E-state index is 10.0. The summed E-state index contributed by atoms with van der Waals surface area (Å²) in [7, 11) is 0. The number of azo groups is 1. The molecule has 118 valence electrons. The number of aryl methyl sites for hydroxylation is 1. The van der Waals surface area contributed by atoms with Gasteiger partial charge in [-0.3, -0.25) is 0 Å². The number of rotatable bonds is 5. The summed E-state index contributed by atoms with van der Waals surface area (Å²) in [5, 5.41) is 30.9. The minimum Gasteiger partial charge on any atom is -0.493 e. The summed E-state index contributed by atoms with van der Waals surface area (Å²) in [4.78, 5) is 3.50. The molecule has 0 unspecified atom stereocenters. The molecule has 0 aliphatic rings. The van der Waals surface area contributed by atoms with Crippen molar-refractivity contribution in [2.45, 2.75) is 11.8 Å². The predicted octanol–water partition coefficient (Wildman–Crippen LogP) is 5.03. The zero-order valence-electron chi connectivity index (χ0n) is 12.1. The van der Waals surface area contributed by atoms with E-state index in [4.69, 9.17) is 5.26 Å². The van der Waals surface area contributed by atoms with E-state index in [-0.39, 0.29) is 5.88 Å². The number of aromatic hydroxyl groups is 1.